The highest BCUT2D eigenvalue weighted by molar-refractivity contribution is 5.51. The van der Waals surface area contributed by atoms with Gasteiger partial charge < -0.3 is 4.90 Å². The van der Waals surface area contributed by atoms with E-state index in [0.717, 1.165) is 18.7 Å². The van der Waals surface area contributed by atoms with E-state index in [0.29, 0.717) is 5.56 Å². The average Bonchev–Trinajstić information content (AvgIpc) is 2.70. The number of nitriles is 2. The Hall–Kier alpha value is -2.00. The molecule has 2 unspecified atom stereocenters. The Labute approximate surface area is 95.5 Å². The van der Waals surface area contributed by atoms with E-state index < -0.39 is 0 Å². The van der Waals surface area contributed by atoms with Gasteiger partial charge in [-0.2, -0.15) is 10.5 Å². The van der Waals surface area contributed by atoms with Crippen LogP contribution in [0.3, 0.4) is 0 Å². The third kappa shape index (κ3) is 1.73. The maximum Gasteiger partial charge on any atom is 0.0991 e. The molecular formula is C13H13N3. The summed E-state index contributed by atoms with van der Waals surface area (Å²) >= 11 is 0. The van der Waals surface area contributed by atoms with Gasteiger partial charge in [-0.05, 0) is 37.6 Å². The summed E-state index contributed by atoms with van der Waals surface area (Å²) in [4.78, 5) is 2.23. The van der Waals surface area contributed by atoms with Crippen LogP contribution in [-0.4, -0.2) is 12.6 Å². The fourth-order valence-electron chi connectivity index (χ4n) is 2.20. The summed E-state index contributed by atoms with van der Waals surface area (Å²) < 4.78 is 0. The van der Waals surface area contributed by atoms with E-state index in [4.69, 9.17) is 10.5 Å². The molecule has 2 rings (SSSR count). The standard InChI is InChI=1S/C13H13N3/c1-10-12(9-15)6-7-16(10)13-4-2-11(8-14)3-5-13/h2-5,10,12H,6-7H2,1H3. The molecule has 1 saturated heterocycles. The van der Waals surface area contributed by atoms with Crippen LogP contribution in [0, 0.1) is 28.6 Å². The zero-order valence-electron chi connectivity index (χ0n) is 9.22. The molecule has 1 aromatic rings. The Bertz CT molecular complexity index is 450. The number of benzene rings is 1. The molecule has 0 saturated carbocycles. The van der Waals surface area contributed by atoms with Crippen molar-refractivity contribution in [3.05, 3.63) is 29.8 Å². The van der Waals surface area contributed by atoms with Crippen LogP contribution < -0.4 is 4.90 Å². The number of anilines is 1. The molecule has 0 aromatic heterocycles. The summed E-state index contributed by atoms with van der Waals surface area (Å²) in [6.45, 7) is 3.00. The lowest BCUT2D eigenvalue weighted by molar-refractivity contribution is 0.615. The largest absolute Gasteiger partial charge is 0.367 e. The Morgan fingerprint density at radius 1 is 1.25 bits per heavy atom. The van der Waals surface area contributed by atoms with Gasteiger partial charge in [0, 0.05) is 18.3 Å². The van der Waals surface area contributed by atoms with Crippen LogP contribution in [0.1, 0.15) is 18.9 Å². The zero-order chi connectivity index (χ0) is 11.5. The molecule has 0 spiro atoms. The monoisotopic (exact) mass is 211 g/mol. The van der Waals surface area contributed by atoms with E-state index in [1.165, 1.54) is 0 Å². The van der Waals surface area contributed by atoms with Crippen molar-refractivity contribution in [3.63, 3.8) is 0 Å². The van der Waals surface area contributed by atoms with Crippen molar-refractivity contribution in [2.45, 2.75) is 19.4 Å². The smallest absolute Gasteiger partial charge is 0.0991 e. The van der Waals surface area contributed by atoms with Crippen LogP contribution in [-0.2, 0) is 0 Å². The lowest BCUT2D eigenvalue weighted by Crippen LogP contribution is -2.29. The molecule has 2 atom stereocenters. The first-order valence-electron chi connectivity index (χ1n) is 5.42. The molecular weight excluding hydrogens is 198 g/mol. The minimum absolute atomic E-state index is 0.121. The lowest BCUT2D eigenvalue weighted by Gasteiger charge is -2.24. The first-order chi connectivity index (χ1) is 7.76. The van der Waals surface area contributed by atoms with Crippen LogP contribution in [0.25, 0.3) is 0 Å². The highest BCUT2D eigenvalue weighted by Crippen LogP contribution is 2.29. The van der Waals surface area contributed by atoms with Crippen LogP contribution in [0.15, 0.2) is 24.3 Å². The van der Waals surface area contributed by atoms with E-state index in [1.807, 2.05) is 24.3 Å². The van der Waals surface area contributed by atoms with Crippen molar-refractivity contribution in [1.29, 1.82) is 10.5 Å². The molecule has 0 aliphatic carbocycles. The van der Waals surface area contributed by atoms with Crippen LogP contribution in [0.4, 0.5) is 5.69 Å². The van der Waals surface area contributed by atoms with Crippen LogP contribution in [0.5, 0.6) is 0 Å². The normalized spacial score (nSPS) is 23.8. The van der Waals surface area contributed by atoms with E-state index in [9.17, 15) is 0 Å². The van der Waals surface area contributed by atoms with Crippen molar-refractivity contribution < 1.29 is 0 Å². The zero-order valence-corrected chi connectivity index (χ0v) is 9.22. The van der Waals surface area contributed by atoms with Gasteiger partial charge in [-0.25, -0.2) is 0 Å². The van der Waals surface area contributed by atoms with Gasteiger partial charge in [0.15, 0.2) is 0 Å². The third-order valence-corrected chi connectivity index (χ3v) is 3.25. The molecule has 16 heavy (non-hydrogen) atoms. The summed E-state index contributed by atoms with van der Waals surface area (Å²) in [6, 6.07) is 12.3. The molecule has 1 fully saturated rings. The predicted octanol–water partition coefficient (Wildman–Crippen LogP) is 2.30. The second-order valence-corrected chi connectivity index (χ2v) is 4.12. The quantitative estimate of drug-likeness (QED) is 0.716. The van der Waals surface area contributed by atoms with Gasteiger partial charge >= 0.3 is 0 Å². The fraction of sp³-hybridized carbons (Fsp3) is 0.385. The Balaban J connectivity index is 2.20. The third-order valence-electron chi connectivity index (χ3n) is 3.25. The van der Waals surface area contributed by atoms with Crippen LogP contribution in [0.2, 0.25) is 0 Å². The van der Waals surface area contributed by atoms with Crippen molar-refractivity contribution in [2.75, 3.05) is 11.4 Å². The Morgan fingerprint density at radius 2 is 1.94 bits per heavy atom. The first kappa shape index (κ1) is 10.5. The maximum absolute atomic E-state index is 8.96. The molecule has 3 nitrogen and oxygen atoms in total. The molecule has 0 bridgehead atoms. The van der Waals surface area contributed by atoms with Gasteiger partial charge in [-0.1, -0.05) is 0 Å². The van der Waals surface area contributed by atoms with Gasteiger partial charge in [0.2, 0.25) is 0 Å². The van der Waals surface area contributed by atoms with E-state index in [-0.39, 0.29) is 12.0 Å². The lowest BCUT2D eigenvalue weighted by atomic mass is 10.0. The molecule has 0 radical (unpaired) electrons. The van der Waals surface area contributed by atoms with Gasteiger partial charge in [0.1, 0.15) is 0 Å². The van der Waals surface area contributed by atoms with E-state index in [2.05, 4.69) is 24.0 Å². The highest BCUT2D eigenvalue weighted by atomic mass is 15.2. The molecule has 1 heterocycles. The highest BCUT2D eigenvalue weighted by Gasteiger charge is 2.30. The minimum Gasteiger partial charge on any atom is -0.367 e. The summed E-state index contributed by atoms with van der Waals surface area (Å²) in [7, 11) is 0. The SMILES string of the molecule is CC1C(C#N)CCN1c1ccc(C#N)cc1. The minimum atomic E-state index is 0.121. The summed E-state index contributed by atoms with van der Waals surface area (Å²) in [5.41, 5.74) is 1.77. The Kier molecular flexibility index (Phi) is 2.79. The van der Waals surface area contributed by atoms with E-state index in [1.54, 1.807) is 0 Å². The van der Waals surface area contributed by atoms with Crippen molar-refractivity contribution in [1.82, 2.24) is 0 Å². The van der Waals surface area contributed by atoms with Gasteiger partial charge in [0.05, 0.1) is 23.6 Å². The average molecular weight is 211 g/mol. The number of nitrogens with zero attached hydrogens (tertiary/aromatic N) is 3. The second-order valence-electron chi connectivity index (χ2n) is 4.12. The molecule has 1 aliphatic heterocycles. The molecule has 3 heteroatoms. The maximum atomic E-state index is 8.96. The topological polar surface area (TPSA) is 50.8 Å². The molecule has 0 N–H and O–H groups in total. The number of hydrogen-bond acceptors (Lipinski definition) is 3. The van der Waals surface area contributed by atoms with Gasteiger partial charge in [-0.15, -0.1) is 0 Å². The second kappa shape index (κ2) is 4.24. The number of rotatable bonds is 1. The van der Waals surface area contributed by atoms with Gasteiger partial charge in [-0.3, -0.25) is 0 Å². The molecule has 80 valence electrons. The summed E-state index contributed by atoms with van der Waals surface area (Å²) in [6.07, 6.45) is 0.928. The van der Waals surface area contributed by atoms with Crippen molar-refractivity contribution >= 4 is 5.69 Å². The fourth-order valence-corrected chi connectivity index (χ4v) is 2.20. The van der Waals surface area contributed by atoms with Gasteiger partial charge in [0.25, 0.3) is 0 Å². The number of hydrogen-bond donors (Lipinski definition) is 0. The molecule has 1 aliphatic rings. The molecule has 1 aromatic carbocycles. The van der Waals surface area contributed by atoms with Crippen molar-refractivity contribution in [2.24, 2.45) is 5.92 Å². The summed E-state index contributed by atoms with van der Waals surface area (Å²) in [5, 5.41) is 17.7. The van der Waals surface area contributed by atoms with E-state index >= 15 is 0 Å². The molecule has 0 amide bonds. The predicted molar refractivity (Wildman–Crippen MR) is 61.7 cm³/mol. The van der Waals surface area contributed by atoms with Crippen molar-refractivity contribution in [3.8, 4) is 12.1 Å². The summed E-state index contributed by atoms with van der Waals surface area (Å²) in [5.74, 6) is 0.121. The van der Waals surface area contributed by atoms with Crippen LogP contribution >= 0.6 is 0 Å². The Morgan fingerprint density at radius 3 is 2.44 bits per heavy atom. The first-order valence-corrected chi connectivity index (χ1v) is 5.42.